The highest BCUT2D eigenvalue weighted by Crippen LogP contribution is 2.23. The molecule has 0 spiro atoms. The molecule has 0 heterocycles. The molecule has 1 N–H and O–H groups in total. The molecule has 0 aliphatic carbocycles. The van der Waals surface area contributed by atoms with E-state index in [1.165, 1.54) is 39.3 Å². The van der Waals surface area contributed by atoms with Gasteiger partial charge in [-0.25, -0.2) is 18.0 Å². The summed E-state index contributed by atoms with van der Waals surface area (Å²) >= 11 is 0. The molecular weight excluding hydrogens is 424 g/mol. The first kappa shape index (κ1) is 23.9. The molecule has 166 valence electrons. The number of anilines is 2. The van der Waals surface area contributed by atoms with Crippen molar-refractivity contribution in [1.82, 2.24) is 0 Å². The van der Waals surface area contributed by atoms with E-state index in [0.29, 0.717) is 5.69 Å². The number of amides is 1. The van der Waals surface area contributed by atoms with Crippen LogP contribution in [-0.4, -0.2) is 52.8 Å². The summed E-state index contributed by atoms with van der Waals surface area (Å²) in [6, 6.07) is 9.47. The highest BCUT2D eigenvalue weighted by molar-refractivity contribution is 7.92. The van der Waals surface area contributed by atoms with Crippen molar-refractivity contribution >= 4 is 39.2 Å². The van der Waals surface area contributed by atoms with Gasteiger partial charge in [-0.1, -0.05) is 17.7 Å². The molecule has 1 amide bonds. The average Bonchev–Trinajstić information content (AvgIpc) is 2.72. The Morgan fingerprint density at radius 1 is 0.935 bits per heavy atom. The smallest absolute Gasteiger partial charge is 0.337 e. The number of aryl methyl sites for hydroxylation is 1. The number of hydrogen-bond acceptors (Lipinski definition) is 7. The first-order valence-corrected chi connectivity index (χ1v) is 11.0. The number of nitrogens with zero attached hydrogens (tertiary/aromatic N) is 1. The van der Waals surface area contributed by atoms with Crippen molar-refractivity contribution in [3.05, 3.63) is 59.2 Å². The van der Waals surface area contributed by atoms with E-state index in [2.05, 4.69) is 14.8 Å². The van der Waals surface area contributed by atoms with E-state index in [9.17, 15) is 22.8 Å². The lowest BCUT2D eigenvalue weighted by Gasteiger charge is -2.28. The number of esters is 2. The predicted octanol–water partition coefficient (Wildman–Crippen LogP) is 2.36. The van der Waals surface area contributed by atoms with Crippen LogP contribution in [0.25, 0.3) is 0 Å². The summed E-state index contributed by atoms with van der Waals surface area (Å²) in [6.07, 6.45) is 1.00. The Balaban J connectivity index is 2.40. The second-order valence-electron chi connectivity index (χ2n) is 6.84. The maximum Gasteiger partial charge on any atom is 0.337 e. The van der Waals surface area contributed by atoms with Gasteiger partial charge in [0, 0.05) is 5.69 Å². The number of carbonyl (C=O) groups is 3. The normalized spacial score (nSPS) is 11.9. The molecule has 0 fully saturated rings. The van der Waals surface area contributed by atoms with Crippen molar-refractivity contribution in [3.63, 3.8) is 0 Å². The van der Waals surface area contributed by atoms with E-state index in [-0.39, 0.29) is 16.8 Å². The van der Waals surface area contributed by atoms with Crippen LogP contribution in [0.2, 0.25) is 0 Å². The monoisotopic (exact) mass is 448 g/mol. The first-order chi connectivity index (χ1) is 14.5. The summed E-state index contributed by atoms with van der Waals surface area (Å²) in [5.41, 5.74) is 1.41. The van der Waals surface area contributed by atoms with Gasteiger partial charge in [0.05, 0.1) is 37.3 Å². The lowest BCUT2D eigenvalue weighted by atomic mass is 10.1. The molecule has 2 rings (SSSR count). The summed E-state index contributed by atoms with van der Waals surface area (Å²) in [5, 5.41) is 2.55. The highest BCUT2D eigenvalue weighted by Gasteiger charge is 2.29. The van der Waals surface area contributed by atoms with Crippen LogP contribution in [-0.2, 0) is 24.3 Å². The molecule has 0 radical (unpaired) electrons. The maximum atomic E-state index is 12.9. The number of benzene rings is 2. The van der Waals surface area contributed by atoms with Gasteiger partial charge >= 0.3 is 11.9 Å². The Hall–Kier alpha value is -3.40. The minimum absolute atomic E-state index is 0.0202. The second kappa shape index (κ2) is 9.61. The molecule has 0 unspecified atom stereocenters. The number of hydrogen-bond donors (Lipinski definition) is 1. The Morgan fingerprint density at radius 3 is 1.84 bits per heavy atom. The van der Waals surface area contributed by atoms with Gasteiger partial charge in [0.15, 0.2) is 0 Å². The highest BCUT2D eigenvalue weighted by atomic mass is 32.2. The summed E-state index contributed by atoms with van der Waals surface area (Å²) in [6.45, 7) is 3.29. The third-order valence-corrected chi connectivity index (χ3v) is 5.66. The molecule has 0 aliphatic rings. The molecule has 2 aromatic rings. The fourth-order valence-electron chi connectivity index (χ4n) is 2.92. The van der Waals surface area contributed by atoms with E-state index in [0.717, 1.165) is 16.1 Å². The lowest BCUT2D eigenvalue weighted by Crippen LogP contribution is -2.45. The topological polar surface area (TPSA) is 119 Å². The van der Waals surface area contributed by atoms with Crippen molar-refractivity contribution in [2.75, 3.05) is 30.1 Å². The number of sulfonamides is 1. The minimum atomic E-state index is -3.79. The van der Waals surface area contributed by atoms with Gasteiger partial charge in [-0.05, 0) is 44.2 Å². The minimum Gasteiger partial charge on any atom is -0.465 e. The van der Waals surface area contributed by atoms with Gasteiger partial charge in [-0.15, -0.1) is 0 Å². The molecule has 0 saturated heterocycles. The summed E-state index contributed by atoms with van der Waals surface area (Å²) < 4.78 is 35.1. The number of nitrogens with one attached hydrogen (secondary N) is 1. The Kier molecular flexibility index (Phi) is 7.40. The molecule has 0 saturated carbocycles. The molecular formula is C21H24N2O7S. The molecule has 9 nitrogen and oxygen atoms in total. The number of carbonyl (C=O) groups excluding carboxylic acids is 3. The van der Waals surface area contributed by atoms with Crippen LogP contribution in [0, 0.1) is 6.92 Å². The van der Waals surface area contributed by atoms with Crippen LogP contribution in [0.1, 0.15) is 33.2 Å². The maximum absolute atomic E-state index is 12.9. The number of ether oxygens (including phenoxy) is 2. The van der Waals surface area contributed by atoms with Crippen molar-refractivity contribution in [1.29, 1.82) is 0 Å². The van der Waals surface area contributed by atoms with Crippen molar-refractivity contribution < 1.29 is 32.3 Å². The van der Waals surface area contributed by atoms with E-state index in [4.69, 9.17) is 0 Å². The molecule has 10 heteroatoms. The second-order valence-corrected chi connectivity index (χ2v) is 8.70. The van der Waals surface area contributed by atoms with Crippen LogP contribution in [0.4, 0.5) is 11.4 Å². The molecule has 0 aliphatic heterocycles. The van der Waals surface area contributed by atoms with Gasteiger partial charge in [0.25, 0.3) is 0 Å². The third kappa shape index (κ3) is 5.82. The van der Waals surface area contributed by atoms with Gasteiger partial charge in [0.2, 0.25) is 15.9 Å². The summed E-state index contributed by atoms with van der Waals surface area (Å²) in [7, 11) is -1.43. The Bertz CT molecular complexity index is 1060. The predicted molar refractivity (Wildman–Crippen MR) is 116 cm³/mol. The van der Waals surface area contributed by atoms with Crippen LogP contribution in [0.3, 0.4) is 0 Å². The summed E-state index contributed by atoms with van der Waals surface area (Å²) in [4.78, 5) is 36.7. The zero-order chi connectivity index (χ0) is 23.3. The van der Waals surface area contributed by atoms with Crippen molar-refractivity contribution in [2.24, 2.45) is 0 Å². The zero-order valence-corrected chi connectivity index (χ0v) is 18.6. The fraction of sp³-hybridized carbons (Fsp3) is 0.286. The Labute approximate surface area is 181 Å². The fourth-order valence-corrected chi connectivity index (χ4v) is 4.09. The van der Waals surface area contributed by atoms with Gasteiger partial charge in [-0.3, -0.25) is 9.10 Å². The van der Waals surface area contributed by atoms with E-state index in [1.54, 1.807) is 24.3 Å². The molecule has 0 aromatic heterocycles. The van der Waals surface area contributed by atoms with Crippen molar-refractivity contribution in [2.45, 2.75) is 19.9 Å². The lowest BCUT2D eigenvalue weighted by molar-refractivity contribution is -0.116. The van der Waals surface area contributed by atoms with E-state index in [1.807, 2.05) is 6.92 Å². The van der Waals surface area contributed by atoms with Gasteiger partial charge < -0.3 is 14.8 Å². The van der Waals surface area contributed by atoms with Gasteiger partial charge in [0.1, 0.15) is 6.04 Å². The average molecular weight is 448 g/mol. The third-order valence-electron chi connectivity index (χ3n) is 4.42. The van der Waals surface area contributed by atoms with Gasteiger partial charge in [-0.2, -0.15) is 0 Å². The molecule has 2 aromatic carbocycles. The first-order valence-electron chi connectivity index (χ1n) is 9.16. The largest absolute Gasteiger partial charge is 0.465 e. The number of rotatable bonds is 7. The van der Waals surface area contributed by atoms with Crippen LogP contribution < -0.4 is 9.62 Å². The summed E-state index contributed by atoms with van der Waals surface area (Å²) in [5.74, 6) is -2.10. The van der Waals surface area contributed by atoms with E-state index >= 15 is 0 Å². The van der Waals surface area contributed by atoms with Crippen molar-refractivity contribution in [3.8, 4) is 0 Å². The Morgan fingerprint density at radius 2 is 1.42 bits per heavy atom. The van der Waals surface area contributed by atoms with Crippen LogP contribution in [0.5, 0.6) is 0 Å². The van der Waals surface area contributed by atoms with E-state index < -0.39 is 33.9 Å². The molecule has 0 bridgehead atoms. The zero-order valence-electron chi connectivity index (χ0n) is 17.8. The SMILES string of the molecule is COC(=O)c1cc(NC(=O)[C@@H](C)N(c2ccc(C)cc2)S(C)(=O)=O)cc(C(=O)OC)c1. The van der Waals surface area contributed by atoms with Crippen LogP contribution >= 0.6 is 0 Å². The molecule has 1 atom stereocenters. The molecule has 31 heavy (non-hydrogen) atoms. The quantitative estimate of drug-likeness (QED) is 0.646. The van der Waals surface area contributed by atoms with Crippen LogP contribution in [0.15, 0.2) is 42.5 Å². The number of methoxy groups -OCH3 is 2. The standard InChI is InChI=1S/C21H24N2O7S/c1-13-6-8-18(9-7-13)23(31(5,27)28)14(2)19(24)22-17-11-15(20(25)29-3)10-16(12-17)21(26)30-4/h6-12,14H,1-5H3,(H,22,24)/t14-/m1/s1.